The van der Waals surface area contributed by atoms with Gasteiger partial charge >= 0.3 is 0 Å². The van der Waals surface area contributed by atoms with Gasteiger partial charge in [0, 0.05) is 10.8 Å². The predicted molar refractivity (Wildman–Crippen MR) is 81.2 cm³/mol. The van der Waals surface area contributed by atoms with Crippen LogP contribution in [0.2, 0.25) is 0 Å². The molecule has 0 saturated carbocycles. The van der Waals surface area contributed by atoms with Gasteiger partial charge in [-0.2, -0.15) is 0 Å². The molecule has 1 aliphatic carbocycles. The van der Waals surface area contributed by atoms with Crippen molar-refractivity contribution in [1.82, 2.24) is 5.43 Å². The molecule has 0 spiro atoms. The molecule has 3 rings (SSSR count). The zero-order chi connectivity index (χ0) is 13.2. The highest BCUT2D eigenvalue weighted by molar-refractivity contribution is 7.10. The highest BCUT2D eigenvalue weighted by atomic mass is 32.1. The lowest BCUT2D eigenvalue weighted by Crippen LogP contribution is -2.33. The summed E-state index contributed by atoms with van der Waals surface area (Å²) < 4.78 is 0. The number of hydrazine groups is 1. The van der Waals surface area contributed by atoms with Crippen LogP contribution in [0.1, 0.15) is 46.4 Å². The minimum atomic E-state index is 0.217. The Labute approximate surface area is 118 Å². The Balaban J connectivity index is 1.94. The van der Waals surface area contributed by atoms with Gasteiger partial charge in [0.15, 0.2) is 0 Å². The third-order valence-corrected chi connectivity index (χ3v) is 5.11. The predicted octanol–water partition coefficient (Wildman–Crippen LogP) is 3.68. The topological polar surface area (TPSA) is 38.0 Å². The van der Waals surface area contributed by atoms with E-state index in [0.29, 0.717) is 5.92 Å². The van der Waals surface area contributed by atoms with Crippen LogP contribution >= 0.6 is 11.3 Å². The largest absolute Gasteiger partial charge is 0.271 e. The van der Waals surface area contributed by atoms with Crippen LogP contribution in [-0.4, -0.2) is 0 Å². The normalized spacial score (nSPS) is 20.0. The lowest BCUT2D eigenvalue weighted by atomic mass is 9.80. The number of fused-ring (bicyclic) bond motifs is 1. The van der Waals surface area contributed by atoms with E-state index in [9.17, 15) is 0 Å². The molecule has 1 heterocycles. The van der Waals surface area contributed by atoms with Gasteiger partial charge in [0.25, 0.3) is 0 Å². The van der Waals surface area contributed by atoms with Crippen molar-refractivity contribution in [2.45, 2.75) is 38.1 Å². The molecule has 1 aromatic heterocycles. The van der Waals surface area contributed by atoms with E-state index in [2.05, 4.69) is 48.1 Å². The molecule has 3 N–H and O–H groups in total. The van der Waals surface area contributed by atoms with Crippen LogP contribution < -0.4 is 11.3 Å². The van der Waals surface area contributed by atoms with Gasteiger partial charge in [-0.25, -0.2) is 0 Å². The van der Waals surface area contributed by atoms with Crippen molar-refractivity contribution >= 4 is 11.3 Å². The molecule has 0 saturated heterocycles. The molecular weight excluding hydrogens is 252 g/mol. The molecule has 1 aliphatic rings. The van der Waals surface area contributed by atoms with E-state index in [1.807, 2.05) is 11.3 Å². The van der Waals surface area contributed by atoms with Gasteiger partial charge in [-0.15, -0.1) is 11.3 Å². The number of benzene rings is 1. The summed E-state index contributed by atoms with van der Waals surface area (Å²) in [6.45, 7) is 2.12. The van der Waals surface area contributed by atoms with Crippen LogP contribution in [0.15, 0.2) is 35.7 Å². The van der Waals surface area contributed by atoms with E-state index in [1.54, 1.807) is 4.88 Å². The van der Waals surface area contributed by atoms with Crippen molar-refractivity contribution in [3.8, 4) is 0 Å². The standard InChI is InChI=1S/C16H20N2S/c1-11-5-7-12(8-6-11)16(18-17)14-3-2-4-15-13(14)9-10-19-15/h5-10,14,16,18H,2-4,17H2,1H3. The minimum absolute atomic E-state index is 0.217. The van der Waals surface area contributed by atoms with Crippen LogP contribution in [0.3, 0.4) is 0 Å². The van der Waals surface area contributed by atoms with Gasteiger partial charge in [0.1, 0.15) is 0 Å². The van der Waals surface area contributed by atoms with Crippen LogP contribution in [0, 0.1) is 6.92 Å². The van der Waals surface area contributed by atoms with Gasteiger partial charge in [0.05, 0.1) is 6.04 Å². The van der Waals surface area contributed by atoms with Crippen molar-refractivity contribution in [2.24, 2.45) is 5.84 Å². The first-order chi connectivity index (χ1) is 9.29. The van der Waals surface area contributed by atoms with E-state index in [-0.39, 0.29) is 6.04 Å². The van der Waals surface area contributed by atoms with Crippen molar-refractivity contribution < 1.29 is 0 Å². The summed E-state index contributed by atoms with van der Waals surface area (Å²) in [6.07, 6.45) is 3.71. The smallest absolute Gasteiger partial charge is 0.0528 e. The lowest BCUT2D eigenvalue weighted by molar-refractivity contribution is 0.411. The third kappa shape index (κ3) is 2.46. The summed E-state index contributed by atoms with van der Waals surface area (Å²) in [5.41, 5.74) is 7.12. The van der Waals surface area contributed by atoms with Crippen molar-refractivity contribution in [2.75, 3.05) is 0 Å². The zero-order valence-corrected chi connectivity index (χ0v) is 12.0. The van der Waals surface area contributed by atoms with Gasteiger partial charge in [0.2, 0.25) is 0 Å². The van der Waals surface area contributed by atoms with E-state index in [0.717, 1.165) is 0 Å². The fourth-order valence-corrected chi connectivity index (χ4v) is 4.08. The summed E-state index contributed by atoms with van der Waals surface area (Å²) >= 11 is 1.89. The number of nitrogens with two attached hydrogens (primary N) is 1. The second-order valence-corrected chi connectivity index (χ2v) is 6.35. The second-order valence-electron chi connectivity index (χ2n) is 5.35. The van der Waals surface area contributed by atoms with Crippen molar-refractivity contribution in [3.05, 3.63) is 57.3 Å². The maximum absolute atomic E-state index is 5.85. The summed E-state index contributed by atoms with van der Waals surface area (Å²) in [5.74, 6) is 6.36. The molecule has 0 radical (unpaired) electrons. The Hall–Kier alpha value is -1.16. The fourth-order valence-electron chi connectivity index (χ4n) is 3.09. The highest BCUT2D eigenvalue weighted by Gasteiger charge is 2.28. The average Bonchev–Trinajstić information content (AvgIpc) is 2.91. The zero-order valence-electron chi connectivity index (χ0n) is 11.2. The number of hydrogen-bond acceptors (Lipinski definition) is 3. The van der Waals surface area contributed by atoms with Gasteiger partial charge in [-0.1, -0.05) is 29.8 Å². The Morgan fingerprint density at radius 3 is 2.79 bits per heavy atom. The van der Waals surface area contributed by atoms with Gasteiger partial charge in [-0.05, 0) is 48.8 Å². The number of thiophene rings is 1. The SMILES string of the molecule is Cc1ccc(C(NN)C2CCCc3sccc32)cc1. The minimum Gasteiger partial charge on any atom is -0.271 e. The first-order valence-electron chi connectivity index (χ1n) is 6.88. The Kier molecular flexibility index (Phi) is 3.69. The number of rotatable bonds is 3. The maximum Gasteiger partial charge on any atom is 0.0528 e. The fraction of sp³-hybridized carbons (Fsp3) is 0.375. The van der Waals surface area contributed by atoms with Gasteiger partial charge < -0.3 is 0 Å². The molecule has 2 nitrogen and oxygen atoms in total. The summed E-state index contributed by atoms with van der Waals surface area (Å²) in [5, 5.41) is 2.21. The van der Waals surface area contributed by atoms with Crippen LogP contribution in [0.4, 0.5) is 0 Å². The molecule has 2 unspecified atom stereocenters. The first kappa shape index (κ1) is 12.9. The number of aryl methyl sites for hydroxylation is 2. The average molecular weight is 272 g/mol. The van der Waals surface area contributed by atoms with Crippen molar-refractivity contribution in [1.29, 1.82) is 0 Å². The summed E-state index contributed by atoms with van der Waals surface area (Å²) in [4.78, 5) is 1.55. The Morgan fingerprint density at radius 1 is 1.26 bits per heavy atom. The van der Waals surface area contributed by atoms with Crippen molar-refractivity contribution in [3.63, 3.8) is 0 Å². The molecule has 100 valence electrons. The summed E-state index contributed by atoms with van der Waals surface area (Å²) in [6, 6.07) is 11.2. The van der Waals surface area contributed by atoms with E-state index < -0.39 is 0 Å². The van der Waals surface area contributed by atoms with Crippen LogP contribution in [0.5, 0.6) is 0 Å². The van der Waals surface area contributed by atoms with E-state index in [4.69, 9.17) is 5.84 Å². The maximum atomic E-state index is 5.85. The van der Waals surface area contributed by atoms with E-state index in [1.165, 1.54) is 36.0 Å². The van der Waals surface area contributed by atoms with Crippen LogP contribution in [-0.2, 0) is 6.42 Å². The Bertz CT molecular complexity index is 544. The molecule has 0 bridgehead atoms. The molecule has 0 fully saturated rings. The Morgan fingerprint density at radius 2 is 2.05 bits per heavy atom. The quantitative estimate of drug-likeness (QED) is 0.660. The van der Waals surface area contributed by atoms with Crippen LogP contribution in [0.25, 0.3) is 0 Å². The monoisotopic (exact) mass is 272 g/mol. The third-order valence-electron chi connectivity index (χ3n) is 4.12. The molecule has 19 heavy (non-hydrogen) atoms. The number of hydrogen-bond donors (Lipinski definition) is 2. The van der Waals surface area contributed by atoms with Gasteiger partial charge in [-0.3, -0.25) is 11.3 Å². The lowest BCUT2D eigenvalue weighted by Gasteiger charge is -2.30. The molecule has 0 amide bonds. The molecule has 1 aromatic carbocycles. The number of nitrogens with one attached hydrogen (secondary N) is 1. The molecule has 0 aliphatic heterocycles. The van der Waals surface area contributed by atoms with E-state index >= 15 is 0 Å². The highest BCUT2D eigenvalue weighted by Crippen LogP contribution is 2.41. The summed E-state index contributed by atoms with van der Waals surface area (Å²) in [7, 11) is 0. The molecule has 2 atom stereocenters. The second kappa shape index (κ2) is 5.45. The molecule has 2 aromatic rings. The first-order valence-corrected chi connectivity index (χ1v) is 7.76. The molecule has 3 heteroatoms. The molecular formula is C16H20N2S.